The molecule has 3 aliphatic carbocycles. The highest BCUT2D eigenvalue weighted by Gasteiger charge is 2.48. The van der Waals surface area contributed by atoms with Gasteiger partial charge >= 0.3 is 0 Å². The number of fused-ring (bicyclic) bond motifs is 3. The largest absolute Gasteiger partial charge is 0.368 e. The first-order valence-corrected chi connectivity index (χ1v) is 16.9. The van der Waals surface area contributed by atoms with Crippen LogP contribution in [0.5, 0.6) is 0 Å². The molecule has 0 bridgehead atoms. The average molecular weight is 517 g/mol. The summed E-state index contributed by atoms with van der Waals surface area (Å²) in [7, 11) is 0. The number of hydrogen-bond donors (Lipinski definition) is 1. The molecule has 1 N–H and O–H groups in total. The SMILES string of the molecule is CCCCCCCCC(O)O[C@H]1CC[C@@]2(C)C(=CCC3C(C)CC[C@H](CCCCC(C)C)CCCC32)C1. The van der Waals surface area contributed by atoms with Crippen molar-refractivity contribution < 1.29 is 9.84 Å². The van der Waals surface area contributed by atoms with Crippen molar-refractivity contribution in [3.05, 3.63) is 11.6 Å². The Kier molecular flexibility index (Phi) is 13.5. The number of unbranched alkanes of at least 4 members (excludes halogenated alkanes) is 6. The molecule has 0 heterocycles. The fraction of sp³-hybridized carbons (Fsp3) is 0.943. The molecule has 0 amide bonds. The van der Waals surface area contributed by atoms with Crippen molar-refractivity contribution >= 4 is 0 Å². The minimum Gasteiger partial charge on any atom is -0.368 e. The van der Waals surface area contributed by atoms with Crippen LogP contribution in [0.2, 0.25) is 0 Å². The van der Waals surface area contributed by atoms with E-state index in [0.717, 1.165) is 55.3 Å². The van der Waals surface area contributed by atoms with Crippen molar-refractivity contribution in [3.8, 4) is 0 Å². The van der Waals surface area contributed by atoms with E-state index in [1.807, 2.05) is 0 Å². The molecule has 2 saturated carbocycles. The Hall–Kier alpha value is -0.340. The van der Waals surface area contributed by atoms with Gasteiger partial charge < -0.3 is 9.84 Å². The topological polar surface area (TPSA) is 29.5 Å². The van der Waals surface area contributed by atoms with E-state index in [-0.39, 0.29) is 6.10 Å². The summed E-state index contributed by atoms with van der Waals surface area (Å²) < 4.78 is 6.23. The lowest BCUT2D eigenvalue weighted by Gasteiger charge is -2.52. The second-order valence-corrected chi connectivity index (χ2v) is 14.2. The summed E-state index contributed by atoms with van der Waals surface area (Å²) in [6, 6.07) is 0. The molecule has 0 saturated heterocycles. The molecule has 2 heteroatoms. The van der Waals surface area contributed by atoms with E-state index in [2.05, 4.69) is 40.7 Å². The van der Waals surface area contributed by atoms with Gasteiger partial charge in [0.25, 0.3) is 0 Å². The minimum absolute atomic E-state index is 0.218. The van der Waals surface area contributed by atoms with E-state index in [0.29, 0.717) is 5.41 Å². The third-order valence-electron chi connectivity index (χ3n) is 10.8. The van der Waals surface area contributed by atoms with Crippen molar-refractivity contribution in [2.45, 2.75) is 175 Å². The summed E-state index contributed by atoms with van der Waals surface area (Å²) in [5.74, 6) is 4.38. The average Bonchev–Trinajstić information content (AvgIpc) is 2.94. The molecule has 0 spiro atoms. The van der Waals surface area contributed by atoms with Gasteiger partial charge in [0.1, 0.15) is 0 Å². The zero-order valence-corrected chi connectivity index (χ0v) is 25.6. The van der Waals surface area contributed by atoms with E-state index in [1.165, 1.54) is 103 Å². The normalized spacial score (nSPS) is 33.6. The van der Waals surface area contributed by atoms with Crippen molar-refractivity contribution in [2.75, 3.05) is 0 Å². The van der Waals surface area contributed by atoms with E-state index in [1.54, 1.807) is 5.57 Å². The third kappa shape index (κ3) is 9.66. The van der Waals surface area contributed by atoms with Gasteiger partial charge in [-0.15, -0.1) is 0 Å². The lowest BCUT2D eigenvalue weighted by atomic mass is 9.54. The van der Waals surface area contributed by atoms with E-state index in [9.17, 15) is 5.11 Å². The van der Waals surface area contributed by atoms with Crippen LogP contribution in [0, 0.1) is 35.0 Å². The fourth-order valence-electron chi connectivity index (χ4n) is 8.28. The monoisotopic (exact) mass is 516 g/mol. The first-order valence-electron chi connectivity index (χ1n) is 16.9. The van der Waals surface area contributed by atoms with Crippen molar-refractivity contribution in [2.24, 2.45) is 35.0 Å². The van der Waals surface area contributed by atoms with Crippen molar-refractivity contribution in [1.29, 1.82) is 0 Å². The van der Waals surface area contributed by atoms with Crippen LogP contribution in [0.4, 0.5) is 0 Å². The molecule has 2 nitrogen and oxygen atoms in total. The van der Waals surface area contributed by atoms with Crippen LogP contribution in [0.25, 0.3) is 0 Å². The molecule has 7 atom stereocenters. The molecule has 3 aliphatic rings. The summed E-state index contributed by atoms with van der Waals surface area (Å²) >= 11 is 0. The Morgan fingerprint density at radius 3 is 2.49 bits per heavy atom. The molecule has 37 heavy (non-hydrogen) atoms. The number of aliphatic hydroxyl groups excluding tert-OH is 1. The summed E-state index contributed by atoms with van der Waals surface area (Å²) in [5.41, 5.74) is 2.03. The number of allylic oxidation sites excluding steroid dienone is 1. The summed E-state index contributed by atoms with van der Waals surface area (Å²) in [6.45, 7) is 12.2. The Balaban J connectivity index is 1.49. The Labute approximate surface area is 231 Å². The molecule has 4 unspecified atom stereocenters. The lowest BCUT2D eigenvalue weighted by molar-refractivity contribution is -0.150. The molecule has 0 aromatic carbocycles. The van der Waals surface area contributed by atoms with Crippen molar-refractivity contribution in [1.82, 2.24) is 0 Å². The highest BCUT2D eigenvalue weighted by molar-refractivity contribution is 5.23. The Morgan fingerprint density at radius 2 is 1.70 bits per heavy atom. The number of aliphatic hydroxyl groups is 1. The quantitative estimate of drug-likeness (QED) is 0.141. The zero-order valence-electron chi connectivity index (χ0n) is 25.6. The van der Waals surface area contributed by atoms with Crippen LogP contribution in [0.3, 0.4) is 0 Å². The first kappa shape index (κ1) is 31.2. The van der Waals surface area contributed by atoms with E-state index in [4.69, 9.17) is 4.74 Å². The van der Waals surface area contributed by atoms with E-state index < -0.39 is 6.29 Å². The highest BCUT2D eigenvalue weighted by atomic mass is 16.6. The van der Waals surface area contributed by atoms with Crippen LogP contribution in [-0.4, -0.2) is 17.5 Å². The molecule has 216 valence electrons. The summed E-state index contributed by atoms with van der Waals surface area (Å²) in [6.07, 6.45) is 28.4. The van der Waals surface area contributed by atoms with Crippen LogP contribution >= 0.6 is 0 Å². The standard InChI is InChI=1S/C35H64O2/c1-6-7-8-9-10-11-19-34(36)37-31-24-25-35(5)30(26-31)22-23-32-28(4)20-21-29(17-14-18-33(32)35)16-13-12-15-27(2)3/h22,27-29,31-34,36H,6-21,23-26H2,1-5H3/t28?,29-,31+,32?,33?,34?,35+/m1/s1. The predicted molar refractivity (Wildman–Crippen MR) is 160 cm³/mol. The zero-order chi connectivity index (χ0) is 26.7. The molecule has 0 aromatic heterocycles. The van der Waals surface area contributed by atoms with E-state index >= 15 is 0 Å². The van der Waals surface area contributed by atoms with Gasteiger partial charge in [-0.2, -0.15) is 0 Å². The second kappa shape index (κ2) is 16.1. The molecular weight excluding hydrogens is 452 g/mol. The predicted octanol–water partition coefficient (Wildman–Crippen LogP) is 10.6. The van der Waals surface area contributed by atoms with Crippen LogP contribution < -0.4 is 0 Å². The first-order chi connectivity index (χ1) is 17.8. The van der Waals surface area contributed by atoms with Crippen LogP contribution in [-0.2, 0) is 4.74 Å². The van der Waals surface area contributed by atoms with Gasteiger partial charge in [-0.1, -0.05) is 130 Å². The molecule has 3 rings (SSSR count). The summed E-state index contributed by atoms with van der Waals surface area (Å²) in [5, 5.41) is 10.6. The van der Waals surface area contributed by atoms with Gasteiger partial charge in [0.05, 0.1) is 6.10 Å². The second-order valence-electron chi connectivity index (χ2n) is 14.2. The van der Waals surface area contributed by atoms with Crippen LogP contribution in [0.15, 0.2) is 11.6 Å². The third-order valence-corrected chi connectivity index (χ3v) is 10.8. The molecule has 0 radical (unpaired) electrons. The maximum Gasteiger partial charge on any atom is 0.154 e. The maximum atomic E-state index is 10.6. The number of rotatable bonds is 14. The lowest BCUT2D eigenvalue weighted by Crippen LogP contribution is -2.44. The van der Waals surface area contributed by atoms with Gasteiger partial charge in [0.2, 0.25) is 0 Å². The van der Waals surface area contributed by atoms with Gasteiger partial charge in [-0.25, -0.2) is 0 Å². The Morgan fingerprint density at radius 1 is 0.946 bits per heavy atom. The minimum atomic E-state index is -0.570. The summed E-state index contributed by atoms with van der Waals surface area (Å²) in [4.78, 5) is 0. The highest BCUT2D eigenvalue weighted by Crippen LogP contribution is 2.57. The smallest absolute Gasteiger partial charge is 0.154 e. The van der Waals surface area contributed by atoms with Crippen LogP contribution in [0.1, 0.15) is 163 Å². The maximum absolute atomic E-state index is 10.6. The molecule has 0 aliphatic heterocycles. The molecule has 0 aromatic rings. The number of hydrogen-bond acceptors (Lipinski definition) is 2. The van der Waals surface area contributed by atoms with Gasteiger partial charge in [0, 0.05) is 0 Å². The van der Waals surface area contributed by atoms with Gasteiger partial charge in [-0.05, 0) is 80.0 Å². The molecular formula is C35H64O2. The Bertz CT molecular complexity index is 654. The molecule has 2 fully saturated rings. The van der Waals surface area contributed by atoms with Crippen molar-refractivity contribution in [3.63, 3.8) is 0 Å². The number of ether oxygens (including phenoxy) is 1. The van der Waals surface area contributed by atoms with Gasteiger partial charge in [0.15, 0.2) is 6.29 Å². The van der Waals surface area contributed by atoms with Gasteiger partial charge in [-0.3, -0.25) is 0 Å². The fourth-order valence-corrected chi connectivity index (χ4v) is 8.28.